The molecule has 168 valence electrons. The molecule has 1 aromatic carbocycles. The summed E-state index contributed by atoms with van der Waals surface area (Å²) in [5.41, 5.74) is 15.5. The largest absolute Gasteiger partial charge is 0.393 e. The van der Waals surface area contributed by atoms with E-state index < -0.39 is 33.3 Å². The summed E-state index contributed by atoms with van der Waals surface area (Å²) in [4.78, 5) is 29.8. The number of halogens is 1. The molecule has 0 fully saturated rings. The number of benzene rings is 1. The van der Waals surface area contributed by atoms with Crippen LogP contribution < -0.4 is 27.5 Å². The van der Waals surface area contributed by atoms with Crippen LogP contribution in [0, 0.1) is 6.92 Å². The van der Waals surface area contributed by atoms with Gasteiger partial charge in [0.05, 0.1) is 5.75 Å². The van der Waals surface area contributed by atoms with Crippen molar-refractivity contribution in [1.29, 1.82) is 0 Å². The standard InChI is InChI=1S/C18H23ClN6O5S/c1-11-6-7-14(24-31(28,29)10-12-4-2-3-5-13(12)19)17(27)25(11)15(16(20)26)8-9-30-23-18(21)22/h2-7,15,24H,8-10H2,1H3,(H2,20,26)(H4,21,22,23). The quantitative estimate of drug-likeness (QED) is 0.167. The third-order valence-corrected chi connectivity index (χ3v) is 5.77. The fourth-order valence-electron chi connectivity index (χ4n) is 2.82. The number of rotatable bonds is 10. The second kappa shape index (κ2) is 10.2. The minimum Gasteiger partial charge on any atom is -0.393 e. The Labute approximate surface area is 183 Å². The third kappa shape index (κ3) is 6.62. The summed E-state index contributed by atoms with van der Waals surface area (Å²) < 4.78 is 28.5. The molecule has 0 saturated heterocycles. The summed E-state index contributed by atoms with van der Waals surface area (Å²) in [6, 6.07) is 8.13. The highest BCUT2D eigenvalue weighted by Crippen LogP contribution is 2.19. The molecule has 7 N–H and O–H groups in total. The van der Waals surface area contributed by atoms with Crippen LogP contribution in [0.15, 0.2) is 46.3 Å². The molecular weight excluding hydrogens is 448 g/mol. The Morgan fingerprint density at radius 3 is 2.52 bits per heavy atom. The van der Waals surface area contributed by atoms with E-state index in [0.717, 1.165) is 4.57 Å². The number of nitrogens with zero attached hydrogens (tertiary/aromatic N) is 2. The number of carbonyl (C=O) groups is 1. The first-order valence-corrected chi connectivity index (χ1v) is 11.0. The summed E-state index contributed by atoms with van der Waals surface area (Å²) in [6.07, 6.45) is -0.0251. The van der Waals surface area contributed by atoms with Crippen molar-refractivity contribution in [3.8, 4) is 0 Å². The maximum absolute atomic E-state index is 13.0. The Kier molecular flexibility index (Phi) is 7.89. The van der Waals surface area contributed by atoms with Crippen LogP contribution in [0.5, 0.6) is 0 Å². The van der Waals surface area contributed by atoms with E-state index in [1.165, 1.54) is 12.1 Å². The van der Waals surface area contributed by atoms with Crippen molar-refractivity contribution < 1.29 is 18.0 Å². The summed E-state index contributed by atoms with van der Waals surface area (Å²) >= 11 is 6.02. The number of aryl methyl sites for hydroxylation is 1. The molecule has 31 heavy (non-hydrogen) atoms. The number of nitrogens with two attached hydrogens (primary N) is 3. The number of carbonyl (C=O) groups excluding carboxylic acids is 1. The van der Waals surface area contributed by atoms with Crippen LogP contribution in [-0.4, -0.2) is 31.5 Å². The van der Waals surface area contributed by atoms with E-state index in [1.54, 1.807) is 31.2 Å². The number of amides is 1. The summed E-state index contributed by atoms with van der Waals surface area (Å²) in [7, 11) is -3.97. The summed E-state index contributed by atoms with van der Waals surface area (Å²) in [5.74, 6) is -1.56. The smallest absolute Gasteiger partial charge is 0.275 e. The minimum atomic E-state index is -3.97. The van der Waals surface area contributed by atoms with Gasteiger partial charge in [0.25, 0.3) is 5.56 Å². The number of oxime groups is 1. The van der Waals surface area contributed by atoms with Crippen molar-refractivity contribution in [2.24, 2.45) is 22.4 Å². The van der Waals surface area contributed by atoms with Gasteiger partial charge in [-0.05, 0) is 35.8 Å². The van der Waals surface area contributed by atoms with Crippen molar-refractivity contribution in [3.05, 3.63) is 63.0 Å². The van der Waals surface area contributed by atoms with Gasteiger partial charge in [-0.15, -0.1) is 0 Å². The maximum Gasteiger partial charge on any atom is 0.275 e. The van der Waals surface area contributed by atoms with Crippen molar-refractivity contribution in [2.75, 3.05) is 11.3 Å². The molecule has 1 amide bonds. The molecule has 1 unspecified atom stereocenters. The average Bonchev–Trinajstić information content (AvgIpc) is 2.67. The van der Waals surface area contributed by atoms with E-state index in [-0.39, 0.29) is 29.7 Å². The molecular formula is C18H23ClN6O5S. The first-order chi connectivity index (χ1) is 14.5. The van der Waals surface area contributed by atoms with Crippen molar-refractivity contribution >= 4 is 39.2 Å². The zero-order chi connectivity index (χ0) is 23.2. The number of anilines is 1. The Bertz CT molecular complexity index is 1140. The SMILES string of the molecule is Cc1ccc(NS(=O)(=O)Cc2ccccc2Cl)c(=O)n1C(CCON=C(N)N)C(N)=O. The number of primary amides is 1. The first-order valence-electron chi connectivity index (χ1n) is 8.98. The molecule has 1 heterocycles. The van der Waals surface area contributed by atoms with E-state index in [9.17, 15) is 18.0 Å². The third-order valence-electron chi connectivity index (χ3n) is 4.18. The zero-order valence-corrected chi connectivity index (χ0v) is 18.2. The van der Waals surface area contributed by atoms with Crippen molar-refractivity contribution in [1.82, 2.24) is 4.57 Å². The van der Waals surface area contributed by atoms with Gasteiger partial charge in [-0.2, -0.15) is 0 Å². The van der Waals surface area contributed by atoms with Gasteiger partial charge in [0.2, 0.25) is 21.9 Å². The van der Waals surface area contributed by atoms with E-state index in [0.29, 0.717) is 11.3 Å². The molecule has 1 aromatic heterocycles. The van der Waals surface area contributed by atoms with Crippen LogP contribution in [0.1, 0.15) is 23.7 Å². The van der Waals surface area contributed by atoms with Gasteiger partial charge in [0, 0.05) is 17.1 Å². The number of nitrogens with one attached hydrogen (secondary N) is 1. The second-order valence-electron chi connectivity index (χ2n) is 6.57. The van der Waals surface area contributed by atoms with Crippen LogP contribution in [0.3, 0.4) is 0 Å². The van der Waals surface area contributed by atoms with Crippen LogP contribution in [0.4, 0.5) is 5.69 Å². The number of aromatic nitrogens is 1. The fraction of sp³-hybridized carbons (Fsp3) is 0.278. The van der Waals surface area contributed by atoms with E-state index >= 15 is 0 Å². The Morgan fingerprint density at radius 2 is 1.90 bits per heavy atom. The summed E-state index contributed by atoms with van der Waals surface area (Å²) in [6.45, 7) is 1.47. The van der Waals surface area contributed by atoms with Crippen molar-refractivity contribution in [3.63, 3.8) is 0 Å². The van der Waals surface area contributed by atoms with Gasteiger partial charge in [-0.3, -0.25) is 18.9 Å². The molecule has 0 bridgehead atoms. The molecule has 0 aliphatic carbocycles. The lowest BCUT2D eigenvalue weighted by Crippen LogP contribution is -2.37. The molecule has 1 atom stereocenters. The lowest BCUT2D eigenvalue weighted by molar-refractivity contribution is -0.121. The Hall–Kier alpha value is -3.25. The topological polar surface area (TPSA) is 185 Å². The maximum atomic E-state index is 13.0. The molecule has 13 heteroatoms. The highest BCUT2D eigenvalue weighted by Gasteiger charge is 2.23. The van der Waals surface area contributed by atoms with Gasteiger partial charge >= 0.3 is 0 Å². The highest BCUT2D eigenvalue weighted by atomic mass is 35.5. The lowest BCUT2D eigenvalue weighted by atomic mass is 10.1. The number of guanidine groups is 1. The normalized spacial score (nSPS) is 12.1. The number of pyridine rings is 1. The Balaban J connectivity index is 2.31. The van der Waals surface area contributed by atoms with Crippen LogP contribution in [-0.2, 0) is 25.4 Å². The van der Waals surface area contributed by atoms with Crippen LogP contribution in [0.2, 0.25) is 5.02 Å². The van der Waals surface area contributed by atoms with Gasteiger partial charge in [-0.25, -0.2) is 8.42 Å². The Morgan fingerprint density at radius 1 is 1.23 bits per heavy atom. The van der Waals surface area contributed by atoms with Gasteiger partial charge in [0.1, 0.15) is 18.3 Å². The van der Waals surface area contributed by atoms with E-state index in [1.807, 2.05) is 0 Å². The molecule has 0 aliphatic rings. The molecule has 0 saturated carbocycles. The van der Waals surface area contributed by atoms with Gasteiger partial charge in [-0.1, -0.05) is 29.8 Å². The summed E-state index contributed by atoms with van der Waals surface area (Å²) in [5, 5.41) is 3.62. The van der Waals surface area contributed by atoms with E-state index in [4.69, 9.17) is 33.6 Å². The molecule has 2 rings (SSSR count). The molecule has 0 aliphatic heterocycles. The van der Waals surface area contributed by atoms with Crippen LogP contribution in [0.25, 0.3) is 0 Å². The zero-order valence-electron chi connectivity index (χ0n) is 16.6. The predicted molar refractivity (Wildman–Crippen MR) is 118 cm³/mol. The molecule has 0 spiro atoms. The molecule has 0 radical (unpaired) electrons. The van der Waals surface area contributed by atoms with Crippen LogP contribution >= 0.6 is 11.6 Å². The second-order valence-corrected chi connectivity index (χ2v) is 8.70. The monoisotopic (exact) mass is 470 g/mol. The van der Waals surface area contributed by atoms with E-state index in [2.05, 4.69) is 9.88 Å². The average molecular weight is 471 g/mol. The highest BCUT2D eigenvalue weighted by molar-refractivity contribution is 7.91. The fourth-order valence-corrected chi connectivity index (χ4v) is 4.32. The van der Waals surface area contributed by atoms with Gasteiger partial charge < -0.3 is 22.0 Å². The van der Waals surface area contributed by atoms with Crippen molar-refractivity contribution in [2.45, 2.75) is 25.1 Å². The first kappa shape index (κ1) is 24.0. The number of hydrogen-bond acceptors (Lipinski definition) is 6. The lowest BCUT2D eigenvalue weighted by Gasteiger charge is -2.20. The number of sulfonamides is 1. The molecule has 11 nitrogen and oxygen atoms in total. The minimum absolute atomic E-state index is 0.0251. The van der Waals surface area contributed by atoms with Gasteiger partial charge in [0.15, 0.2) is 0 Å². The number of hydrogen-bond donors (Lipinski definition) is 4. The molecule has 2 aromatic rings. The predicted octanol–water partition coefficient (Wildman–Crippen LogP) is 0.374.